The zero-order valence-corrected chi connectivity index (χ0v) is 18.1. The maximum absolute atomic E-state index is 12.9. The van der Waals surface area contributed by atoms with E-state index in [-0.39, 0.29) is 5.91 Å². The number of piperazine rings is 1. The van der Waals surface area contributed by atoms with Crippen LogP contribution >= 0.6 is 11.3 Å². The summed E-state index contributed by atoms with van der Waals surface area (Å²) in [7, 11) is 0. The van der Waals surface area contributed by atoms with Crippen molar-refractivity contribution in [3.8, 4) is 5.75 Å². The lowest BCUT2D eigenvalue weighted by atomic mass is 10.1. The third-order valence-corrected chi connectivity index (χ3v) is 6.30. The molecule has 0 saturated carbocycles. The summed E-state index contributed by atoms with van der Waals surface area (Å²) >= 11 is 1.63. The molecule has 0 radical (unpaired) electrons. The van der Waals surface area contributed by atoms with Crippen molar-refractivity contribution in [2.45, 2.75) is 13.5 Å². The molecule has 5 rings (SSSR count). The van der Waals surface area contributed by atoms with Gasteiger partial charge in [0.15, 0.2) is 5.13 Å². The van der Waals surface area contributed by atoms with Crippen molar-refractivity contribution < 1.29 is 9.53 Å². The highest BCUT2D eigenvalue weighted by Gasteiger charge is 2.23. The molecular weight excluding hydrogens is 410 g/mol. The summed E-state index contributed by atoms with van der Waals surface area (Å²) in [6.45, 7) is 5.43. The number of thiazole rings is 1. The number of nitrogens with zero attached hydrogens (tertiary/aromatic N) is 5. The van der Waals surface area contributed by atoms with Crippen LogP contribution < -0.4 is 9.64 Å². The lowest BCUT2D eigenvalue weighted by Gasteiger charge is -2.34. The number of carbonyl (C=O) groups is 1. The summed E-state index contributed by atoms with van der Waals surface area (Å²) in [5.74, 6) is 0.778. The number of pyridine rings is 1. The SMILES string of the molecule is Cc1cccn2cc(COc3ccc(C(=O)N4CCN(c5nccs5)CC4)cc3)nc12. The average Bonchev–Trinajstić information content (AvgIpc) is 3.49. The van der Waals surface area contributed by atoms with E-state index in [1.165, 1.54) is 0 Å². The number of hydrogen-bond acceptors (Lipinski definition) is 6. The molecule has 3 aromatic heterocycles. The van der Waals surface area contributed by atoms with Gasteiger partial charge in [-0.3, -0.25) is 4.79 Å². The Hall–Kier alpha value is -3.39. The summed E-state index contributed by atoms with van der Waals surface area (Å²) in [6.07, 6.45) is 5.78. The summed E-state index contributed by atoms with van der Waals surface area (Å²) < 4.78 is 7.89. The summed E-state index contributed by atoms with van der Waals surface area (Å²) in [4.78, 5) is 26.0. The van der Waals surface area contributed by atoms with E-state index in [0.717, 1.165) is 40.9 Å². The van der Waals surface area contributed by atoms with Crippen LogP contribution in [0, 0.1) is 6.92 Å². The van der Waals surface area contributed by atoms with Gasteiger partial charge in [-0.05, 0) is 42.8 Å². The Bertz CT molecular complexity index is 1180. The normalized spacial score (nSPS) is 14.2. The fourth-order valence-electron chi connectivity index (χ4n) is 3.78. The van der Waals surface area contributed by atoms with Crippen LogP contribution in [0.3, 0.4) is 0 Å². The highest BCUT2D eigenvalue weighted by atomic mass is 32.1. The fourth-order valence-corrected chi connectivity index (χ4v) is 4.48. The number of hydrogen-bond donors (Lipinski definition) is 0. The van der Waals surface area contributed by atoms with Gasteiger partial charge in [-0.15, -0.1) is 11.3 Å². The van der Waals surface area contributed by atoms with Crippen molar-refractivity contribution in [3.63, 3.8) is 0 Å². The lowest BCUT2D eigenvalue weighted by molar-refractivity contribution is 0.0746. The highest BCUT2D eigenvalue weighted by molar-refractivity contribution is 7.13. The third kappa shape index (κ3) is 4.11. The summed E-state index contributed by atoms with van der Waals surface area (Å²) in [5.41, 5.74) is 3.62. The van der Waals surface area contributed by atoms with Crippen molar-refractivity contribution in [1.29, 1.82) is 0 Å². The van der Waals surface area contributed by atoms with Crippen LogP contribution in [0.4, 0.5) is 5.13 Å². The van der Waals surface area contributed by atoms with Crippen LogP contribution in [0.1, 0.15) is 21.6 Å². The van der Waals surface area contributed by atoms with E-state index in [1.807, 2.05) is 76.6 Å². The quantitative estimate of drug-likeness (QED) is 0.481. The molecule has 8 heteroatoms. The number of benzene rings is 1. The molecule has 1 aliphatic heterocycles. The predicted molar refractivity (Wildman–Crippen MR) is 121 cm³/mol. The number of amides is 1. The van der Waals surface area contributed by atoms with Gasteiger partial charge in [0.1, 0.15) is 18.0 Å². The number of aryl methyl sites for hydroxylation is 1. The van der Waals surface area contributed by atoms with Crippen molar-refractivity contribution >= 4 is 28.0 Å². The van der Waals surface area contributed by atoms with Gasteiger partial charge in [0.25, 0.3) is 5.91 Å². The van der Waals surface area contributed by atoms with Gasteiger partial charge in [-0.2, -0.15) is 0 Å². The van der Waals surface area contributed by atoms with Crippen molar-refractivity contribution in [1.82, 2.24) is 19.3 Å². The zero-order chi connectivity index (χ0) is 21.2. The molecule has 0 atom stereocenters. The largest absolute Gasteiger partial charge is 0.487 e. The monoisotopic (exact) mass is 433 g/mol. The molecule has 1 fully saturated rings. The van der Waals surface area contributed by atoms with Gasteiger partial charge in [-0.1, -0.05) is 6.07 Å². The van der Waals surface area contributed by atoms with Gasteiger partial charge >= 0.3 is 0 Å². The standard InChI is InChI=1S/C23H23N5O2S/c1-17-3-2-9-28-15-19(25-21(17)28)16-30-20-6-4-18(5-7-20)22(29)26-10-12-27(13-11-26)23-24-8-14-31-23/h2-9,14-15H,10-13,16H2,1H3. The number of imidazole rings is 1. The molecule has 0 N–H and O–H groups in total. The molecule has 1 saturated heterocycles. The molecule has 0 unspecified atom stereocenters. The van der Waals surface area contributed by atoms with Gasteiger partial charge in [0.05, 0.1) is 5.69 Å². The molecule has 7 nitrogen and oxygen atoms in total. The van der Waals surface area contributed by atoms with E-state index in [0.29, 0.717) is 25.3 Å². The molecule has 1 aliphatic rings. The molecule has 0 aliphatic carbocycles. The Labute approximate surface area is 184 Å². The van der Waals surface area contributed by atoms with Crippen molar-refractivity contribution in [2.24, 2.45) is 0 Å². The number of fused-ring (bicyclic) bond motifs is 1. The smallest absolute Gasteiger partial charge is 0.253 e. The number of ether oxygens (including phenoxy) is 1. The topological polar surface area (TPSA) is 63.0 Å². The molecule has 1 amide bonds. The first-order chi connectivity index (χ1) is 15.2. The summed E-state index contributed by atoms with van der Waals surface area (Å²) in [6, 6.07) is 11.4. The molecule has 0 bridgehead atoms. The van der Waals surface area contributed by atoms with Crippen molar-refractivity contribution in [3.05, 3.63) is 77.2 Å². The number of anilines is 1. The maximum atomic E-state index is 12.9. The molecule has 31 heavy (non-hydrogen) atoms. The summed E-state index contributed by atoms with van der Waals surface area (Å²) in [5, 5.41) is 3.00. The first-order valence-corrected chi connectivity index (χ1v) is 11.1. The Morgan fingerprint density at radius 2 is 1.94 bits per heavy atom. The van der Waals surface area contributed by atoms with Crippen LogP contribution in [-0.4, -0.2) is 51.4 Å². The molecule has 4 heterocycles. The van der Waals surface area contributed by atoms with Crippen molar-refractivity contribution in [2.75, 3.05) is 31.1 Å². The average molecular weight is 434 g/mol. The molecular formula is C23H23N5O2S. The van der Waals surface area contributed by atoms with Gasteiger partial charge in [-0.25, -0.2) is 9.97 Å². The first-order valence-electron chi connectivity index (χ1n) is 10.3. The minimum atomic E-state index is 0.0566. The first kappa shape index (κ1) is 19.6. The predicted octanol–water partition coefficient (Wildman–Crippen LogP) is 3.64. The van der Waals surface area contributed by atoms with E-state index < -0.39 is 0 Å². The van der Waals surface area contributed by atoms with E-state index in [2.05, 4.69) is 14.9 Å². The van der Waals surface area contributed by atoms with Gasteiger partial charge in [0.2, 0.25) is 0 Å². The zero-order valence-electron chi connectivity index (χ0n) is 17.3. The fraction of sp³-hybridized carbons (Fsp3) is 0.261. The van der Waals surface area contributed by atoms with Crippen LogP contribution in [0.5, 0.6) is 5.75 Å². The van der Waals surface area contributed by atoms with E-state index >= 15 is 0 Å². The Balaban J connectivity index is 1.18. The number of carbonyl (C=O) groups excluding carboxylic acids is 1. The lowest BCUT2D eigenvalue weighted by Crippen LogP contribution is -2.48. The van der Waals surface area contributed by atoms with E-state index in [4.69, 9.17) is 4.74 Å². The Morgan fingerprint density at radius 3 is 2.65 bits per heavy atom. The highest BCUT2D eigenvalue weighted by Crippen LogP contribution is 2.21. The second-order valence-electron chi connectivity index (χ2n) is 7.56. The second kappa shape index (κ2) is 8.39. The maximum Gasteiger partial charge on any atom is 0.253 e. The molecule has 4 aromatic rings. The molecule has 158 valence electrons. The van der Waals surface area contributed by atoms with E-state index in [9.17, 15) is 4.79 Å². The van der Waals surface area contributed by atoms with Crippen LogP contribution in [0.2, 0.25) is 0 Å². The minimum Gasteiger partial charge on any atom is -0.487 e. The number of rotatable bonds is 5. The van der Waals surface area contributed by atoms with Gasteiger partial charge in [0, 0.05) is 55.7 Å². The number of aromatic nitrogens is 3. The minimum absolute atomic E-state index is 0.0566. The van der Waals surface area contributed by atoms with Crippen LogP contribution in [-0.2, 0) is 6.61 Å². The van der Waals surface area contributed by atoms with Crippen LogP contribution in [0.15, 0.2) is 60.4 Å². The Kier molecular flexibility index (Phi) is 5.30. The Morgan fingerprint density at radius 1 is 1.13 bits per heavy atom. The van der Waals surface area contributed by atoms with E-state index in [1.54, 1.807) is 11.3 Å². The third-order valence-electron chi connectivity index (χ3n) is 5.47. The molecule has 1 aromatic carbocycles. The second-order valence-corrected chi connectivity index (χ2v) is 8.43. The van der Waals surface area contributed by atoms with Crippen LogP contribution in [0.25, 0.3) is 5.65 Å². The molecule has 0 spiro atoms. The van der Waals surface area contributed by atoms with Gasteiger partial charge < -0.3 is 18.9 Å².